The molecule has 2 N–H and O–H groups in total. The highest BCUT2D eigenvalue weighted by Gasteiger charge is 2.20. The SMILES string of the molecule is COc1cc(N2CCC(O)CC2)ccc1-c1nc2c(C)nc(-c3ccccc3)n2c(=O)[nH]1. The van der Waals surface area contributed by atoms with Crippen molar-refractivity contribution in [2.24, 2.45) is 0 Å². The summed E-state index contributed by atoms with van der Waals surface area (Å²) in [6.07, 6.45) is 1.27. The molecule has 2 aromatic heterocycles. The molecule has 3 heterocycles. The molecule has 1 saturated heterocycles. The number of imidazole rings is 1. The highest BCUT2D eigenvalue weighted by molar-refractivity contribution is 5.71. The van der Waals surface area contributed by atoms with E-state index >= 15 is 0 Å². The van der Waals surface area contributed by atoms with Gasteiger partial charge in [-0.3, -0.25) is 4.98 Å². The molecule has 0 unspecified atom stereocenters. The molecule has 5 rings (SSSR count). The molecule has 1 fully saturated rings. The van der Waals surface area contributed by atoms with Gasteiger partial charge < -0.3 is 14.7 Å². The van der Waals surface area contributed by atoms with E-state index in [2.05, 4.69) is 14.9 Å². The predicted molar refractivity (Wildman–Crippen MR) is 123 cm³/mol. The maximum Gasteiger partial charge on any atom is 0.334 e. The van der Waals surface area contributed by atoms with Crippen LogP contribution < -0.4 is 15.3 Å². The summed E-state index contributed by atoms with van der Waals surface area (Å²) >= 11 is 0. The van der Waals surface area contributed by atoms with Crippen LogP contribution >= 0.6 is 0 Å². The van der Waals surface area contributed by atoms with Crippen molar-refractivity contribution in [2.75, 3.05) is 25.1 Å². The third-order valence-electron chi connectivity index (χ3n) is 5.97. The fraction of sp³-hybridized carbons (Fsp3) is 0.292. The molecule has 0 aliphatic carbocycles. The molecule has 32 heavy (non-hydrogen) atoms. The van der Waals surface area contributed by atoms with Crippen LogP contribution in [-0.4, -0.2) is 50.8 Å². The number of aliphatic hydroxyl groups excluding tert-OH is 1. The lowest BCUT2D eigenvalue weighted by molar-refractivity contribution is 0.145. The summed E-state index contributed by atoms with van der Waals surface area (Å²) in [7, 11) is 1.61. The van der Waals surface area contributed by atoms with E-state index in [1.807, 2.05) is 55.5 Å². The van der Waals surface area contributed by atoms with Gasteiger partial charge in [0.05, 0.1) is 24.5 Å². The number of aryl methyl sites for hydroxylation is 1. The Balaban J connectivity index is 1.58. The van der Waals surface area contributed by atoms with E-state index in [9.17, 15) is 9.90 Å². The van der Waals surface area contributed by atoms with Gasteiger partial charge in [-0.05, 0) is 31.9 Å². The normalized spacial score (nSPS) is 14.8. The Hall–Kier alpha value is -3.65. The number of methoxy groups -OCH3 is 1. The number of nitrogens with zero attached hydrogens (tertiary/aromatic N) is 4. The van der Waals surface area contributed by atoms with Crippen molar-refractivity contribution in [3.8, 4) is 28.5 Å². The molecular formula is C24H25N5O3. The Labute approximate surface area is 185 Å². The van der Waals surface area contributed by atoms with E-state index in [1.54, 1.807) is 7.11 Å². The third-order valence-corrected chi connectivity index (χ3v) is 5.97. The first-order chi connectivity index (χ1) is 15.5. The topological polar surface area (TPSA) is 95.8 Å². The van der Waals surface area contributed by atoms with E-state index in [-0.39, 0.29) is 11.8 Å². The number of rotatable bonds is 4. The van der Waals surface area contributed by atoms with Crippen molar-refractivity contribution < 1.29 is 9.84 Å². The van der Waals surface area contributed by atoms with Crippen LogP contribution in [0.1, 0.15) is 18.5 Å². The summed E-state index contributed by atoms with van der Waals surface area (Å²) in [5.74, 6) is 1.62. The molecule has 0 atom stereocenters. The van der Waals surface area contributed by atoms with Gasteiger partial charge in [0.2, 0.25) is 0 Å². The van der Waals surface area contributed by atoms with Crippen molar-refractivity contribution in [3.63, 3.8) is 0 Å². The molecule has 164 valence electrons. The molecule has 8 heteroatoms. The molecule has 0 radical (unpaired) electrons. The summed E-state index contributed by atoms with van der Waals surface area (Å²) in [6, 6.07) is 15.5. The number of benzene rings is 2. The molecule has 0 saturated carbocycles. The van der Waals surface area contributed by atoms with E-state index in [1.165, 1.54) is 4.40 Å². The van der Waals surface area contributed by atoms with Crippen LogP contribution in [0.25, 0.3) is 28.4 Å². The number of piperidine rings is 1. The Bertz CT molecular complexity index is 1320. The molecule has 0 bridgehead atoms. The summed E-state index contributed by atoms with van der Waals surface area (Å²) in [5.41, 5.74) is 3.46. The number of nitrogens with one attached hydrogen (secondary N) is 1. The summed E-state index contributed by atoms with van der Waals surface area (Å²) in [6.45, 7) is 3.44. The Morgan fingerprint density at radius 2 is 1.84 bits per heavy atom. The van der Waals surface area contributed by atoms with Gasteiger partial charge in [-0.2, -0.15) is 0 Å². The molecule has 1 aliphatic heterocycles. The van der Waals surface area contributed by atoms with Gasteiger partial charge in [0.15, 0.2) is 5.65 Å². The second-order valence-corrected chi connectivity index (χ2v) is 8.04. The smallest absolute Gasteiger partial charge is 0.334 e. The Morgan fingerprint density at radius 3 is 2.56 bits per heavy atom. The van der Waals surface area contributed by atoms with Crippen molar-refractivity contribution in [1.82, 2.24) is 19.4 Å². The third kappa shape index (κ3) is 3.52. The average molecular weight is 431 g/mol. The Morgan fingerprint density at radius 1 is 1.09 bits per heavy atom. The number of H-pyrrole nitrogens is 1. The van der Waals surface area contributed by atoms with Crippen LogP contribution in [0.15, 0.2) is 53.3 Å². The molecule has 0 spiro atoms. The molecule has 1 aliphatic rings. The van der Waals surface area contributed by atoms with Gasteiger partial charge in [-0.1, -0.05) is 30.3 Å². The fourth-order valence-electron chi connectivity index (χ4n) is 4.24. The van der Waals surface area contributed by atoms with Gasteiger partial charge in [0, 0.05) is 30.4 Å². The summed E-state index contributed by atoms with van der Waals surface area (Å²) in [5, 5.41) is 9.78. The van der Waals surface area contributed by atoms with Crippen molar-refractivity contribution in [1.29, 1.82) is 0 Å². The number of aliphatic hydroxyl groups is 1. The van der Waals surface area contributed by atoms with Gasteiger partial charge >= 0.3 is 5.69 Å². The van der Waals surface area contributed by atoms with E-state index < -0.39 is 0 Å². The monoisotopic (exact) mass is 431 g/mol. The number of aromatic amines is 1. The second kappa shape index (κ2) is 8.12. The van der Waals surface area contributed by atoms with Crippen LogP contribution in [0.5, 0.6) is 5.75 Å². The number of aromatic nitrogens is 4. The van der Waals surface area contributed by atoms with Crippen LogP contribution in [-0.2, 0) is 0 Å². The number of hydrogen-bond acceptors (Lipinski definition) is 6. The standard InChI is InChI=1S/C24H25N5O3/c1-15-22-26-21(27-24(31)29(22)23(25-15)16-6-4-3-5-7-16)19-9-8-17(14-20(19)32-2)28-12-10-18(30)11-13-28/h3-9,14,18,30H,10-13H2,1-2H3,(H,26,27,31). The fourth-order valence-corrected chi connectivity index (χ4v) is 4.24. The summed E-state index contributed by atoms with van der Waals surface area (Å²) in [4.78, 5) is 27.5. The first-order valence-electron chi connectivity index (χ1n) is 10.7. The highest BCUT2D eigenvalue weighted by atomic mass is 16.5. The predicted octanol–water partition coefficient (Wildman–Crippen LogP) is 3.03. The largest absolute Gasteiger partial charge is 0.496 e. The second-order valence-electron chi connectivity index (χ2n) is 8.04. The highest BCUT2D eigenvalue weighted by Crippen LogP contribution is 2.33. The molecule has 2 aromatic carbocycles. The number of ether oxygens (including phenoxy) is 1. The van der Waals surface area contributed by atoms with E-state index in [0.29, 0.717) is 34.3 Å². The lowest BCUT2D eigenvalue weighted by atomic mass is 10.1. The molecule has 0 amide bonds. The van der Waals surface area contributed by atoms with Crippen molar-refractivity contribution >= 4 is 11.3 Å². The first kappa shape index (κ1) is 20.3. The molecule has 8 nitrogen and oxygen atoms in total. The van der Waals surface area contributed by atoms with Gasteiger partial charge in [-0.15, -0.1) is 0 Å². The zero-order chi connectivity index (χ0) is 22.2. The number of hydrogen-bond donors (Lipinski definition) is 2. The quantitative estimate of drug-likeness (QED) is 0.516. The zero-order valence-electron chi connectivity index (χ0n) is 18.1. The van der Waals surface area contributed by atoms with Gasteiger partial charge in [-0.25, -0.2) is 19.2 Å². The van der Waals surface area contributed by atoms with E-state index in [0.717, 1.165) is 37.2 Å². The minimum absolute atomic E-state index is 0.229. The van der Waals surface area contributed by atoms with Gasteiger partial charge in [0.1, 0.15) is 17.4 Å². The van der Waals surface area contributed by atoms with Crippen LogP contribution in [0, 0.1) is 6.92 Å². The average Bonchev–Trinajstić information content (AvgIpc) is 3.16. The lowest BCUT2D eigenvalue weighted by Crippen LogP contribution is -2.35. The molecule has 4 aromatic rings. The minimum Gasteiger partial charge on any atom is -0.496 e. The van der Waals surface area contributed by atoms with Crippen molar-refractivity contribution in [3.05, 3.63) is 64.7 Å². The minimum atomic E-state index is -0.305. The first-order valence-corrected chi connectivity index (χ1v) is 10.7. The van der Waals surface area contributed by atoms with Crippen molar-refractivity contribution in [2.45, 2.75) is 25.9 Å². The maximum absolute atomic E-state index is 13.1. The molecular weight excluding hydrogens is 406 g/mol. The van der Waals surface area contributed by atoms with Crippen LogP contribution in [0.4, 0.5) is 5.69 Å². The Kier molecular flexibility index (Phi) is 5.14. The van der Waals surface area contributed by atoms with Gasteiger partial charge in [0.25, 0.3) is 0 Å². The van der Waals surface area contributed by atoms with Crippen LogP contribution in [0.3, 0.4) is 0 Å². The maximum atomic E-state index is 13.1. The zero-order valence-corrected chi connectivity index (χ0v) is 18.1. The van der Waals surface area contributed by atoms with Crippen LogP contribution in [0.2, 0.25) is 0 Å². The number of anilines is 1. The number of fused-ring (bicyclic) bond motifs is 1. The summed E-state index contributed by atoms with van der Waals surface area (Å²) < 4.78 is 7.16. The van der Waals surface area contributed by atoms with E-state index in [4.69, 9.17) is 9.72 Å². The lowest BCUT2D eigenvalue weighted by Gasteiger charge is -2.31.